The second-order valence-corrected chi connectivity index (χ2v) is 2.42. The van der Waals surface area contributed by atoms with E-state index in [4.69, 9.17) is 5.11 Å². The first-order valence-corrected chi connectivity index (χ1v) is 3.11. The van der Waals surface area contributed by atoms with Crippen LogP contribution >= 0.6 is 0 Å². The summed E-state index contributed by atoms with van der Waals surface area (Å²) in [4.78, 5) is 30.0. The minimum absolute atomic E-state index is 0. The predicted octanol–water partition coefficient (Wildman–Crippen LogP) is -3.97. The molecule has 0 aliphatic carbocycles. The zero-order valence-electron chi connectivity index (χ0n) is 9.72. The Morgan fingerprint density at radius 2 is 1.12 bits per heavy atom. The zero-order chi connectivity index (χ0) is 10.6. The molecule has 0 heterocycles. The molecule has 17 heavy (non-hydrogen) atoms. The van der Waals surface area contributed by atoms with Gasteiger partial charge in [-0.15, -0.1) is 0 Å². The Balaban J connectivity index is -0.000000120. The van der Waals surface area contributed by atoms with Crippen molar-refractivity contribution in [3.8, 4) is 0 Å². The third-order valence-electron chi connectivity index (χ3n) is 1.25. The van der Waals surface area contributed by atoms with Crippen molar-refractivity contribution >= 4 is 17.9 Å². The molecule has 0 aliphatic heterocycles. The summed E-state index contributed by atoms with van der Waals surface area (Å²) < 4.78 is 0. The Morgan fingerprint density at radius 1 is 0.882 bits per heavy atom. The molecule has 0 fully saturated rings. The molecule has 0 saturated carbocycles. The monoisotopic (exact) mass is 263 g/mol. The molecule has 11 heteroatoms. The number of carbonyl (C=O) groups is 3. The summed E-state index contributed by atoms with van der Waals surface area (Å²) in [5, 5.41) is 38.9. The largest absolute Gasteiger partial charge is 0.550 e. The Morgan fingerprint density at radius 3 is 1.24 bits per heavy atom. The molecule has 0 saturated heterocycles. The van der Waals surface area contributed by atoms with Gasteiger partial charge in [0.05, 0.1) is 5.97 Å². The van der Waals surface area contributed by atoms with Gasteiger partial charge in [0.25, 0.3) is 0 Å². The van der Waals surface area contributed by atoms with Crippen molar-refractivity contribution < 1.29 is 39.5 Å². The van der Waals surface area contributed by atoms with Gasteiger partial charge in [-0.1, -0.05) is 0 Å². The van der Waals surface area contributed by atoms with Crippen LogP contribution in [0.1, 0.15) is 12.8 Å². The van der Waals surface area contributed by atoms with Gasteiger partial charge < -0.3 is 53.3 Å². The quantitative estimate of drug-likeness (QED) is 0.382. The van der Waals surface area contributed by atoms with Gasteiger partial charge in [0, 0.05) is 24.8 Å². The number of quaternary nitrogens is 3. The average Bonchev–Trinajstić information content (AvgIpc) is 1.82. The maximum absolute atomic E-state index is 10.1. The highest BCUT2D eigenvalue weighted by atomic mass is 19.0. The van der Waals surface area contributed by atoms with E-state index in [2.05, 4.69) is 0 Å². The summed E-state index contributed by atoms with van der Waals surface area (Å²) >= 11 is 0. The maximum Gasteiger partial charge on any atom is 0.114 e. The minimum atomic E-state index is -2.97. The molecule has 0 amide bonds. The van der Waals surface area contributed by atoms with E-state index in [1.54, 1.807) is 0 Å². The predicted molar refractivity (Wildman–Crippen MR) is 49.7 cm³/mol. The number of hydrogen-bond donors (Lipinski definition) is 4. The second-order valence-electron chi connectivity index (χ2n) is 2.42. The topological polar surface area (TPSA) is 250 Å². The van der Waals surface area contributed by atoms with Gasteiger partial charge in [-0.25, -0.2) is 0 Å². The molecule has 0 bridgehead atoms. The first kappa shape index (κ1) is 29.5. The van der Waals surface area contributed by atoms with Gasteiger partial charge in [-0.3, -0.25) is 4.70 Å². The molecule has 0 rings (SSSR count). The minimum Gasteiger partial charge on any atom is -0.550 e. The molecular weight excluding hydrogens is 245 g/mol. The van der Waals surface area contributed by atoms with Gasteiger partial charge in [0.2, 0.25) is 0 Å². The first-order chi connectivity index (χ1) is 5.78. The van der Waals surface area contributed by atoms with Crippen LogP contribution in [0.3, 0.4) is 0 Å². The molecule has 0 radical (unpaired) electrons. The highest BCUT2D eigenvalue weighted by Crippen LogP contribution is 2.13. The SMILES string of the molecule is F.O=C([O-])CC(O)(CC(=O)[O-])C(=O)[O-].[NH4+].[NH4+].[NH4+]. The van der Waals surface area contributed by atoms with Crippen LogP contribution in [0.2, 0.25) is 0 Å². The number of hydrogen-bond acceptors (Lipinski definition) is 7. The molecule has 0 spiro atoms. The van der Waals surface area contributed by atoms with Gasteiger partial charge in [0.15, 0.2) is 0 Å². The molecule has 0 atom stereocenters. The van der Waals surface area contributed by atoms with E-state index in [0.29, 0.717) is 0 Å². The summed E-state index contributed by atoms with van der Waals surface area (Å²) in [6.45, 7) is 0. The summed E-state index contributed by atoms with van der Waals surface area (Å²) in [6, 6.07) is 0. The highest BCUT2D eigenvalue weighted by molar-refractivity contribution is 5.86. The standard InChI is InChI=1S/C6H8O7.FH.3H3N/c7-3(8)1-6(13,5(11)12)2-4(9)10;;;;/h13H,1-2H2,(H,7,8)(H,9,10)(H,11,12);1H;3*1H3. The molecule has 0 aliphatic rings. The van der Waals surface area contributed by atoms with Crippen molar-refractivity contribution in [1.29, 1.82) is 0 Å². The number of carbonyl (C=O) groups excluding carboxylic acids is 3. The van der Waals surface area contributed by atoms with Gasteiger partial charge in [0.1, 0.15) is 5.60 Å². The highest BCUT2D eigenvalue weighted by Gasteiger charge is 2.29. The van der Waals surface area contributed by atoms with Crippen molar-refractivity contribution in [3.05, 3.63) is 0 Å². The number of halogens is 1. The fraction of sp³-hybridized carbons (Fsp3) is 0.500. The molecule has 10 nitrogen and oxygen atoms in total. The molecule has 0 aromatic heterocycles. The molecular formula is C6H18FN3O7. The number of rotatable bonds is 5. The van der Waals surface area contributed by atoms with Crippen molar-refractivity contribution in [2.45, 2.75) is 18.4 Å². The Hall–Kier alpha value is -1.82. The van der Waals surface area contributed by atoms with Crippen LogP contribution in [0.25, 0.3) is 0 Å². The zero-order valence-corrected chi connectivity index (χ0v) is 9.72. The van der Waals surface area contributed by atoms with Crippen LogP contribution in [0, 0.1) is 0 Å². The Labute approximate surface area is 95.4 Å². The van der Waals surface area contributed by atoms with Crippen LogP contribution in [0.4, 0.5) is 4.70 Å². The van der Waals surface area contributed by atoms with Crippen molar-refractivity contribution in [3.63, 3.8) is 0 Å². The van der Waals surface area contributed by atoms with Crippen LogP contribution in [-0.4, -0.2) is 28.6 Å². The van der Waals surface area contributed by atoms with E-state index >= 15 is 0 Å². The van der Waals surface area contributed by atoms with Gasteiger partial charge in [-0.05, 0) is 0 Å². The third-order valence-corrected chi connectivity index (χ3v) is 1.25. The molecule has 0 unspecified atom stereocenters. The van der Waals surface area contributed by atoms with Gasteiger partial charge in [-0.2, -0.15) is 0 Å². The van der Waals surface area contributed by atoms with Crippen molar-refractivity contribution in [2.24, 2.45) is 0 Å². The Bertz CT molecular complexity index is 244. The van der Waals surface area contributed by atoms with Crippen LogP contribution in [-0.2, 0) is 14.4 Å². The number of aliphatic carboxylic acids is 3. The Kier molecular flexibility index (Phi) is 18.5. The van der Waals surface area contributed by atoms with Crippen LogP contribution in [0.15, 0.2) is 0 Å². The van der Waals surface area contributed by atoms with E-state index < -0.39 is 36.4 Å². The molecule has 0 aromatic rings. The van der Waals surface area contributed by atoms with E-state index in [-0.39, 0.29) is 23.2 Å². The summed E-state index contributed by atoms with van der Waals surface area (Å²) in [5.74, 6) is -5.98. The van der Waals surface area contributed by atoms with Crippen LogP contribution < -0.4 is 33.8 Å². The average molecular weight is 263 g/mol. The number of carboxylic acid groups (broad SMARTS) is 3. The van der Waals surface area contributed by atoms with Gasteiger partial charge >= 0.3 is 0 Å². The third kappa shape index (κ3) is 10.5. The van der Waals surface area contributed by atoms with E-state index in [1.807, 2.05) is 0 Å². The van der Waals surface area contributed by atoms with E-state index in [0.717, 1.165) is 0 Å². The number of aliphatic hydroxyl groups is 1. The lowest BCUT2D eigenvalue weighted by atomic mass is 9.96. The first-order valence-electron chi connectivity index (χ1n) is 3.11. The molecule has 13 N–H and O–H groups in total. The summed E-state index contributed by atoms with van der Waals surface area (Å²) in [5.41, 5.74) is -2.97. The summed E-state index contributed by atoms with van der Waals surface area (Å²) in [6.07, 6.45) is -2.72. The molecule has 106 valence electrons. The fourth-order valence-electron chi connectivity index (χ4n) is 0.684. The lowest BCUT2D eigenvalue weighted by Gasteiger charge is -2.29. The molecule has 0 aromatic carbocycles. The smallest absolute Gasteiger partial charge is 0.114 e. The maximum atomic E-state index is 10.1. The van der Waals surface area contributed by atoms with Crippen LogP contribution in [0.5, 0.6) is 0 Å². The lowest BCUT2D eigenvalue weighted by Crippen LogP contribution is -2.54. The second kappa shape index (κ2) is 10.7. The summed E-state index contributed by atoms with van der Waals surface area (Å²) in [7, 11) is 0. The van der Waals surface area contributed by atoms with Crippen molar-refractivity contribution in [2.75, 3.05) is 0 Å². The van der Waals surface area contributed by atoms with Crippen molar-refractivity contribution in [1.82, 2.24) is 18.5 Å². The van der Waals surface area contributed by atoms with E-state index in [9.17, 15) is 29.7 Å². The van der Waals surface area contributed by atoms with E-state index in [1.165, 1.54) is 0 Å². The fourth-order valence-corrected chi connectivity index (χ4v) is 0.684. The number of carboxylic acids is 3. The lowest BCUT2D eigenvalue weighted by molar-refractivity contribution is -0.339. The normalized spacial score (nSPS) is 8.29.